The van der Waals surface area contributed by atoms with Crippen LogP contribution in [0.25, 0.3) is 10.9 Å². The monoisotopic (exact) mass is 321 g/mol. The van der Waals surface area contributed by atoms with Crippen LogP contribution in [0.5, 0.6) is 0 Å². The molecule has 0 aliphatic carbocycles. The molecule has 1 N–H and O–H groups in total. The molecule has 1 aliphatic heterocycles. The van der Waals surface area contributed by atoms with E-state index < -0.39 is 0 Å². The number of aromatic nitrogens is 2. The molecule has 24 heavy (non-hydrogen) atoms. The molecule has 0 saturated heterocycles. The molecule has 0 saturated carbocycles. The Labute approximate surface area is 139 Å². The SMILES string of the molecule is CC[C@H]1c2cccn2CCN1C(=O)c1cc(=O)[nH]c2ccccc12. The second-order valence-corrected chi connectivity index (χ2v) is 6.14. The van der Waals surface area contributed by atoms with Gasteiger partial charge in [0, 0.05) is 41.9 Å². The Balaban J connectivity index is 1.81. The Morgan fingerprint density at radius 2 is 2.04 bits per heavy atom. The summed E-state index contributed by atoms with van der Waals surface area (Å²) in [5.41, 5.74) is 2.09. The Bertz CT molecular complexity index is 970. The van der Waals surface area contributed by atoms with Gasteiger partial charge >= 0.3 is 0 Å². The number of fused-ring (bicyclic) bond motifs is 2. The number of hydrogen-bond acceptors (Lipinski definition) is 2. The zero-order valence-corrected chi connectivity index (χ0v) is 13.5. The summed E-state index contributed by atoms with van der Waals surface area (Å²) in [5.74, 6) is -0.0726. The molecule has 1 aliphatic rings. The zero-order chi connectivity index (χ0) is 16.7. The third kappa shape index (κ3) is 2.24. The number of rotatable bonds is 2. The zero-order valence-electron chi connectivity index (χ0n) is 13.5. The smallest absolute Gasteiger partial charge is 0.255 e. The molecular formula is C19H19N3O2. The minimum absolute atomic E-state index is 0.0410. The van der Waals surface area contributed by atoms with E-state index >= 15 is 0 Å². The van der Waals surface area contributed by atoms with Gasteiger partial charge in [0.1, 0.15) is 0 Å². The van der Waals surface area contributed by atoms with Crippen LogP contribution in [-0.4, -0.2) is 26.9 Å². The van der Waals surface area contributed by atoms with E-state index in [1.54, 1.807) is 0 Å². The van der Waals surface area contributed by atoms with Gasteiger partial charge in [0.2, 0.25) is 5.56 Å². The summed E-state index contributed by atoms with van der Waals surface area (Å²) in [6.45, 7) is 3.52. The second-order valence-electron chi connectivity index (χ2n) is 6.14. The lowest BCUT2D eigenvalue weighted by molar-refractivity contribution is 0.0619. The van der Waals surface area contributed by atoms with E-state index in [1.807, 2.05) is 35.2 Å². The maximum absolute atomic E-state index is 13.2. The van der Waals surface area contributed by atoms with Crippen molar-refractivity contribution in [1.82, 2.24) is 14.5 Å². The third-order valence-electron chi connectivity index (χ3n) is 4.79. The van der Waals surface area contributed by atoms with Crippen LogP contribution in [-0.2, 0) is 6.54 Å². The topological polar surface area (TPSA) is 58.1 Å². The standard InChI is InChI=1S/C19H19N3O2/c1-2-16-17-8-5-9-21(17)10-11-22(16)19(24)14-12-18(23)20-15-7-4-3-6-13(14)15/h3-9,12,16H,2,10-11H2,1H3,(H,20,23)/t16-/m0/s1. The predicted octanol–water partition coefficient (Wildman–Crippen LogP) is 2.94. The lowest BCUT2D eigenvalue weighted by Crippen LogP contribution is -2.42. The highest BCUT2D eigenvalue weighted by molar-refractivity contribution is 6.06. The number of carbonyl (C=O) groups excluding carboxylic acids is 1. The Hall–Kier alpha value is -2.82. The van der Waals surface area contributed by atoms with E-state index in [9.17, 15) is 9.59 Å². The van der Waals surface area contributed by atoms with E-state index in [0.717, 1.165) is 24.0 Å². The van der Waals surface area contributed by atoms with Crippen molar-refractivity contribution < 1.29 is 4.79 Å². The lowest BCUT2D eigenvalue weighted by Gasteiger charge is -2.36. The summed E-state index contributed by atoms with van der Waals surface area (Å²) in [6, 6.07) is 13.0. The number of nitrogens with zero attached hydrogens (tertiary/aromatic N) is 2. The van der Waals surface area contributed by atoms with Crippen molar-refractivity contribution in [3.8, 4) is 0 Å². The molecule has 5 heteroatoms. The Kier molecular flexibility index (Phi) is 3.49. The molecule has 122 valence electrons. The van der Waals surface area contributed by atoms with Gasteiger partial charge in [-0.2, -0.15) is 0 Å². The first-order chi connectivity index (χ1) is 11.7. The van der Waals surface area contributed by atoms with E-state index in [2.05, 4.69) is 28.7 Å². The summed E-state index contributed by atoms with van der Waals surface area (Å²) in [7, 11) is 0. The van der Waals surface area contributed by atoms with Crippen molar-refractivity contribution in [3.05, 3.63) is 70.3 Å². The molecule has 5 nitrogen and oxygen atoms in total. The largest absolute Gasteiger partial charge is 0.348 e. The van der Waals surface area contributed by atoms with Crippen molar-refractivity contribution in [1.29, 1.82) is 0 Å². The van der Waals surface area contributed by atoms with E-state index in [0.29, 0.717) is 17.6 Å². The second kappa shape index (κ2) is 5.67. The molecule has 3 heterocycles. The summed E-state index contributed by atoms with van der Waals surface area (Å²) in [5, 5.41) is 0.790. The minimum atomic E-state index is -0.245. The Morgan fingerprint density at radius 3 is 2.88 bits per heavy atom. The molecule has 0 fully saturated rings. The average molecular weight is 321 g/mol. The van der Waals surface area contributed by atoms with E-state index in [-0.39, 0.29) is 17.5 Å². The number of H-pyrrole nitrogens is 1. The number of hydrogen-bond donors (Lipinski definition) is 1. The minimum Gasteiger partial charge on any atom is -0.348 e. The Morgan fingerprint density at radius 1 is 1.21 bits per heavy atom. The molecule has 0 unspecified atom stereocenters. The van der Waals surface area contributed by atoms with Gasteiger partial charge in [0.25, 0.3) is 5.91 Å². The van der Waals surface area contributed by atoms with Gasteiger partial charge in [-0.25, -0.2) is 0 Å². The molecule has 4 rings (SSSR count). The summed E-state index contributed by atoms with van der Waals surface area (Å²) in [4.78, 5) is 29.9. The number of nitrogens with one attached hydrogen (secondary N) is 1. The molecule has 3 aromatic rings. The van der Waals surface area contributed by atoms with Crippen LogP contribution >= 0.6 is 0 Å². The van der Waals surface area contributed by atoms with Crippen LogP contribution in [0.4, 0.5) is 0 Å². The van der Waals surface area contributed by atoms with Crippen LogP contribution < -0.4 is 5.56 Å². The van der Waals surface area contributed by atoms with Gasteiger partial charge in [-0.05, 0) is 24.6 Å². The van der Waals surface area contributed by atoms with Gasteiger partial charge in [-0.1, -0.05) is 25.1 Å². The van der Waals surface area contributed by atoms with Gasteiger partial charge in [0.05, 0.1) is 11.6 Å². The van der Waals surface area contributed by atoms with Crippen LogP contribution in [0.15, 0.2) is 53.5 Å². The quantitative estimate of drug-likeness (QED) is 0.789. The van der Waals surface area contributed by atoms with Crippen LogP contribution in [0.3, 0.4) is 0 Å². The molecule has 0 bridgehead atoms. The highest BCUT2D eigenvalue weighted by Crippen LogP contribution is 2.30. The first kappa shape index (κ1) is 14.8. The third-order valence-corrected chi connectivity index (χ3v) is 4.79. The van der Waals surface area contributed by atoms with Crippen molar-refractivity contribution in [3.63, 3.8) is 0 Å². The fraction of sp³-hybridized carbons (Fsp3) is 0.263. The predicted molar refractivity (Wildman–Crippen MR) is 93.1 cm³/mol. The van der Waals surface area contributed by atoms with Crippen molar-refractivity contribution in [2.75, 3.05) is 6.54 Å². The number of carbonyl (C=O) groups is 1. The maximum Gasteiger partial charge on any atom is 0.255 e. The number of amides is 1. The first-order valence-electron chi connectivity index (χ1n) is 8.27. The highest BCUT2D eigenvalue weighted by Gasteiger charge is 2.31. The molecule has 1 aromatic carbocycles. The summed E-state index contributed by atoms with van der Waals surface area (Å²) >= 11 is 0. The van der Waals surface area contributed by atoms with Crippen molar-refractivity contribution >= 4 is 16.8 Å². The van der Waals surface area contributed by atoms with Crippen molar-refractivity contribution in [2.45, 2.75) is 25.9 Å². The molecule has 0 radical (unpaired) electrons. The molecular weight excluding hydrogens is 302 g/mol. The summed E-state index contributed by atoms with van der Waals surface area (Å²) in [6.07, 6.45) is 2.90. The van der Waals surface area contributed by atoms with Crippen LogP contribution in [0, 0.1) is 0 Å². The number of para-hydroxylation sites is 1. The van der Waals surface area contributed by atoms with E-state index in [1.165, 1.54) is 6.07 Å². The molecule has 0 spiro atoms. The van der Waals surface area contributed by atoms with Crippen molar-refractivity contribution in [2.24, 2.45) is 0 Å². The maximum atomic E-state index is 13.2. The number of benzene rings is 1. The van der Waals surface area contributed by atoms with E-state index in [4.69, 9.17) is 0 Å². The van der Waals surface area contributed by atoms with Crippen LogP contribution in [0.2, 0.25) is 0 Å². The molecule has 1 amide bonds. The lowest BCUT2D eigenvalue weighted by atomic mass is 10.0. The number of pyridine rings is 1. The normalized spacial score (nSPS) is 17.0. The summed E-state index contributed by atoms with van der Waals surface area (Å²) < 4.78 is 2.20. The molecule has 1 atom stereocenters. The fourth-order valence-electron chi connectivity index (χ4n) is 3.67. The van der Waals surface area contributed by atoms with Gasteiger partial charge in [-0.3, -0.25) is 9.59 Å². The van der Waals surface area contributed by atoms with Gasteiger partial charge < -0.3 is 14.5 Å². The fourth-order valence-corrected chi connectivity index (χ4v) is 3.67. The number of aromatic amines is 1. The first-order valence-corrected chi connectivity index (χ1v) is 8.27. The van der Waals surface area contributed by atoms with Crippen LogP contribution in [0.1, 0.15) is 35.4 Å². The van der Waals surface area contributed by atoms with Gasteiger partial charge in [0.15, 0.2) is 0 Å². The average Bonchev–Trinajstić information content (AvgIpc) is 3.08. The highest BCUT2D eigenvalue weighted by atomic mass is 16.2. The molecule has 2 aromatic heterocycles. The van der Waals surface area contributed by atoms with Gasteiger partial charge in [-0.15, -0.1) is 0 Å².